The number of aromatic nitrogens is 3. The lowest BCUT2D eigenvalue weighted by Gasteiger charge is -2.30. The van der Waals surface area contributed by atoms with Gasteiger partial charge in [0.15, 0.2) is 11.6 Å². The van der Waals surface area contributed by atoms with E-state index in [1.807, 2.05) is 6.07 Å². The molecule has 1 amide bonds. The van der Waals surface area contributed by atoms with E-state index in [1.54, 1.807) is 24.5 Å². The summed E-state index contributed by atoms with van der Waals surface area (Å²) < 4.78 is 14.6. The number of pyridine rings is 3. The molecule has 6 N–H and O–H groups in total. The van der Waals surface area contributed by atoms with Gasteiger partial charge in [-0.3, -0.25) is 14.8 Å². The van der Waals surface area contributed by atoms with Crippen LogP contribution in [-0.4, -0.2) is 32.9 Å². The molecule has 0 aliphatic heterocycles. The number of nitrogens with zero attached hydrogens (tertiary/aromatic N) is 3. The molecule has 1 aliphatic rings. The Labute approximate surface area is 166 Å². The van der Waals surface area contributed by atoms with Gasteiger partial charge in [0.25, 0.3) is 5.91 Å². The minimum absolute atomic E-state index is 0.0340. The summed E-state index contributed by atoms with van der Waals surface area (Å²) >= 11 is 0. The molecule has 3 heterocycles. The van der Waals surface area contributed by atoms with Gasteiger partial charge in [-0.05, 0) is 37.1 Å². The number of nitrogens with one attached hydrogen (secondary N) is 2. The fourth-order valence-corrected chi connectivity index (χ4v) is 3.55. The van der Waals surface area contributed by atoms with Gasteiger partial charge in [-0.2, -0.15) is 0 Å². The Kier molecular flexibility index (Phi) is 5.22. The van der Waals surface area contributed by atoms with Crippen LogP contribution in [0.3, 0.4) is 0 Å². The molecule has 3 aromatic rings. The number of anilines is 3. The number of halogens is 1. The largest absolute Gasteiger partial charge is 0.365 e. The number of amides is 1. The average molecular weight is 395 g/mol. The van der Waals surface area contributed by atoms with Crippen LogP contribution in [0.15, 0.2) is 36.7 Å². The maximum absolute atomic E-state index is 14.6. The predicted molar refractivity (Wildman–Crippen MR) is 109 cm³/mol. The van der Waals surface area contributed by atoms with Crippen molar-refractivity contribution in [2.24, 2.45) is 11.5 Å². The Morgan fingerprint density at radius 1 is 1.14 bits per heavy atom. The van der Waals surface area contributed by atoms with Crippen molar-refractivity contribution in [1.29, 1.82) is 0 Å². The second-order valence-corrected chi connectivity index (χ2v) is 7.17. The molecular formula is C20H22FN7O. The lowest BCUT2D eigenvalue weighted by Crippen LogP contribution is -2.43. The van der Waals surface area contributed by atoms with Crippen molar-refractivity contribution in [1.82, 2.24) is 15.0 Å². The SMILES string of the molecule is NC(=O)c1cc(F)c(N[C@@H]2CCCC[C@@H]2N)nc1Nc1cnc2cccnc2c1. The molecule has 9 heteroatoms. The summed E-state index contributed by atoms with van der Waals surface area (Å²) in [4.78, 5) is 24.7. The van der Waals surface area contributed by atoms with Crippen LogP contribution in [0.25, 0.3) is 11.0 Å². The highest BCUT2D eigenvalue weighted by Crippen LogP contribution is 2.27. The number of hydrogen-bond acceptors (Lipinski definition) is 7. The summed E-state index contributed by atoms with van der Waals surface area (Å²) in [6.07, 6.45) is 7.04. The van der Waals surface area contributed by atoms with Crippen LogP contribution in [-0.2, 0) is 0 Å². The fourth-order valence-electron chi connectivity index (χ4n) is 3.55. The molecule has 2 atom stereocenters. The van der Waals surface area contributed by atoms with Crippen LogP contribution >= 0.6 is 0 Å². The topological polar surface area (TPSA) is 132 Å². The molecule has 150 valence electrons. The van der Waals surface area contributed by atoms with Crippen molar-refractivity contribution < 1.29 is 9.18 Å². The molecule has 0 spiro atoms. The minimum Gasteiger partial charge on any atom is -0.365 e. The molecule has 3 aromatic heterocycles. The van der Waals surface area contributed by atoms with Gasteiger partial charge in [0.1, 0.15) is 5.82 Å². The number of rotatable bonds is 5. The van der Waals surface area contributed by atoms with Gasteiger partial charge >= 0.3 is 0 Å². The summed E-state index contributed by atoms with van der Waals surface area (Å²) in [6, 6.07) is 6.33. The highest BCUT2D eigenvalue weighted by molar-refractivity contribution is 5.98. The van der Waals surface area contributed by atoms with Crippen LogP contribution in [0.5, 0.6) is 0 Å². The van der Waals surface area contributed by atoms with Crippen LogP contribution in [0, 0.1) is 5.82 Å². The van der Waals surface area contributed by atoms with Gasteiger partial charge in [0.05, 0.1) is 28.5 Å². The van der Waals surface area contributed by atoms with Crippen molar-refractivity contribution >= 4 is 34.3 Å². The summed E-state index contributed by atoms with van der Waals surface area (Å²) in [6.45, 7) is 0. The quantitative estimate of drug-likeness (QED) is 0.522. The van der Waals surface area contributed by atoms with Crippen LogP contribution in [0.2, 0.25) is 0 Å². The zero-order valence-electron chi connectivity index (χ0n) is 15.7. The average Bonchev–Trinajstić information content (AvgIpc) is 2.71. The summed E-state index contributed by atoms with van der Waals surface area (Å²) in [5.74, 6) is -1.26. The Bertz CT molecular complexity index is 1060. The molecule has 0 bridgehead atoms. The van der Waals surface area contributed by atoms with Crippen molar-refractivity contribution in [2.45, 2.75) is 37.8 Å². The fraction of sp³-hybridized carbons (Fsp3) is 0.300. The molecule has 1 saturated carbocycles. The molecule has 0 radical (unpaired) electrons. The van der Waals surface area contributed by atoms with Gasteiger partial charge in [-0.1, -0.05) is 12.8 Å². The molecule has 1 aliphatic carbocycles. The van der Waals surface area contributed by atoms with Crippen LogP contribution < -0.4 is 22.1 Å². The maximum Gasteiger partial charge on any atom is 0.252 e. The molecule has 29 heavy (non-hydrogen) atoms. The van der Waals surface area contributed by atoms with Crippen LogP contribution in [0.1, 0.15) is 36.0 Å². The Morgan fingerprint density at radius 2 is 1.97 bits per heavy atom. The second-order valence-electron chi connectivity index (χ2n) is 7.17. The Hall–Kier alpha value is -3.33. The van der Waals surface area contributed by atoms with Gasteiger partial charge in [-0.25, -0.2) is 9.37 Å². The van der Waals surface area contributed by atoms with Gasteiger partial charge < -0.3 is 22.1 Å². The zero-order chi connectivity index (χ0) is 20.4. The van der Waals surface area contributed by atoms with Gasteiger partial charge in [0, 0.05) is 18.3 Å². The Morgan fingerprint density at radius 3 is 2.76 bits per heavy atom. The first-order valence-electron chi connectivity index (χ1n) is 9.51. The predicted octanol–water partition coefficient (Wildman–Crippen LogP) is 2.69. The lowest BCUT2D eigenvalue weighted by atomic mass is 9.91. The first kappa shape index (κ1) is 19.0. The number of hydrogen-bond donors (Lipinski definition) is 4. The third-order valence-corrected chi connectivity index (χ3v) is 5.10. The monoisotopic (exact) mass is 395 g/mol. The van der Waals surface area contributed by atoms with E-state index < -0.39 is 11.7 Å². The number of carbonyl (C=O) groups is 1. The summed E-state index contributed by atoms with van der Waals surface area (Å²) in [5, 5.41) is 6.10. The van der Waals surface area contributed by atoms with Crippen molar-refractivity contribution in [3.05, 3.63) is 48.0 Å². The van der Waals surface area contributed by atoms with E-state index in [9.17, 15) is 9.18 Å². The molecule has 0 aromatic carbocycles. The highest BCUT2D eigenvalue weighted by atomic mass is 19.1. The number of fused-ring (bicyclic) bond motifs is 1. The molecule has 0 unspecified atom stereocenters. The first-order valence-corrected chi connectivity index (χ1v) is 9.51. The smallest absolute Gasteiger partial charge is 0.252 e. The molecular weight excluding hydrogens is 373 g/mol. The summed E-state index contributed by atoms with van der Waals surface area (Å²) in [5.41, 5.74) is 13.5. The van der Waals surface area contributed by atoms with Gasteiger partial charge in [-0.15, -0.1) is 0 Å². The molecule has 4 rings (SSSR count). The van der Waals surface area contributed by atoms with E-state index in [0.717, 1.165) is 37.3 Å². The van der Waals surface area contributed by atoms with E-state index in [4.69, 9.17) is 11.5 Å². The van der Waals surface area contributed by atoms with E-state index in [0.29, 0.717) is 11.2 Å². The van der Waals surface area contributed by atoms with Gasteiger partial charge in [0.2, 0.25) is 0 Å². The standard InChI is InChI=1S/C20H22FN7O/c21-13-9-12(18(23)29)19(28-20(13)27-15-5-2-1-4-14(15)22)26-11-8-17-16(25-10-11)6-3-7-24-17/h3,6-10,14-15H,1-2,4-5,22H2,(H2,23,29)(H2,26,27,28)/t14-,15+/m0/s1. The highest BCUT2D eigenvalue weighted by Gasteiger charge is 2.24. The van der Waals surface area contributed by atoms with E-state index in [-0.39, 0.29) is 29.3 Å². The van der Waals surface area contributed by atoms with Crippen molar-refractivity contribution in [3.8, 4) is 0 Å². The number of nitrogens with two attached hydrogens (primary N) is 2. The number of carbonyl (C=O) groups excluding carboxylic acids is 1. The third-order valence-electron chi connectivity index (χ3n) is 5.10. The van der Waals surface area contributed by atoms with Crippen LogP contribution in [0.4, 0.5) is 21.7 Å². The zero-order valence-corrected chi connectivity index (χ0v) is 15.7. The van der Waals surface area contributed by atoms with E-state index in [1.165, 1.54) is 0 Å². The Balaban J connectivity index is 1.67. The minimum atomic E-state index is -0.785. The summed E-state index contributed by atoms with van der Waals surface area (Å²) in [7, 11) is 0. The normalized spacial score (nSPS) is 19.1. The maximum atomic E-state index is 14.6. The number of primary amides is 1. The molecule has 8 nitrogen and oxygen atoms in total. The molecule has 0 saturated heterocycles. The van der Waals surface area contributed by atoms with E-state index >= 15 is 0 Å². The second kappa shape index (κ2) is 7.96. The third kappa shape index (κ3) is 4.09. The van der Waals surface area contributed by atoms with E-state index in [2.05, 4.69) is 25.6 Å². The van der Waals surface area contributed by atoms with Crippen molar-refractivity contribution in [3.63, 3.8) is 0 Å². The first-order chi connectivity index (χ1) is 14.0. The lowest BCUT2D eigenvalue weighted by molar-refractivity contribution is 0.100. The van der Waals surface area contributed by atoms with Crippen molar-refractivity contribution in [2.75, 3.05) is 10.6 Å². The molecule has 1 fully saturated rings.